The SMILES string of the molecule is NN=C(C=Nc1ccc(O)c(F)c1)c1ccc2c(Nc3ccc(F)c(I)c3)cccc2n1. The van der Waals surface area contributed by atoms with Crippen LogP contribution >= 0.6 is 22.6 Å². The van der Waals surface area contributed by atoms with Crippen molar-refractivity contribution in [3.05, 3.63) is 87.6 Å². The number of hydrogen-bond acceptors (Lipinski definition) is 6. The molecule has 0 spiro atoms. The summed E-state index contributed by atoms with van der Waals surface area (Å²) in [5.74, 6) is 4.03. The van der Waals surface area contributed by atoms with Crippen molar-refractivity contribution in [3.63, 3.8) is 0 Å². The third-order valence-corrected chi connectivity index (χ3v) is 5.43. The highest BCUT2D eigenvalue weighted by Crippen LogP contribution is 2.27. The Morgan fingerprint density at radius 3 is 2.62 bits per heavy atom. The van der Waals surface area contributed by atoms with Crippen molar-refractivity contribution in [2.24, 2.45) is 15.9 Å². The molecule has 0 bridgehead atoms. The Hall–Kier alpha value is -3.60. The van der Waals surface area contributed by atoms with Crippen LogP contribution < -0.4 is 11.2 Å². The van der Waals surface area contributed by atoms with Gasteiger partial charge in [-0.1, -0.05) is 6.07 Å². The monoisotopic (exact) mass is 543 g/mol. The van der Waals surface area contributed by atoms with Gasteiger partial charge in [-0.2, -0.15) is 5.10 Å². The summed E-state index contributed by atoms with van der Waals surface area (Å²) in [7, 11) is 0. The maximum atomic E-state index is 13.5. The number of aromatic nitrogens is 1. The molecule has 0 aliphatic heterocycles. The summed E-state index contributed by atoms with van der Waals surface area (Å²) in [6.07, 6.45) is 1.38. The molecule has 0 fully saturated rings. The van der Waals surface area contributed by atoms with E-state index in [-0.39, 0.29) is 5.82 Å². The van der Waals surface area contributed by atoms with Crippen molar-refractivity contribution in [2.75, 3.05) is 5.32 Å². The van der Waals surface area contributed by atoms with Gasteiger partial charge in [-0.05, 0) is 77.2 Å². The Morgan fingerprint density at radius 1 is 1.03 bits per heavy atom. The number of rotatable bonds is 5. The van der Waals surface area contributed by atoms with Gasteiger partial charge < -0.3 is 16.3 Å². The average molecular weight is 543 g/mol. The van der Waals surface area contributed by atoms with Gasteiger partial charge in [-0.3, -0.25) is 4.99 Å². The van der Waals surface area contributed by atoms with Gasteiger partial charge in [0.1, 0.15) is 11.5 Å². The number of hydrogen-bond donors (Lipinski definition) is 3. The van der Waals surface area contributed by atoms with E-state index in [4.69, 9.17) is 5.84 Å². The van der Waals surface area contributed by atoms with Crippen molar-refractivity contribution in [1.29, 1.82) is 0 Å². The zero-order valence-corrected chi connectivity index (χ0v) is 18.6. The number of phenols is 1. The van der Waals surface area contributed by atoms with Crippen LogP contribution in [0.15, 0.2) is 76.8 Å². The molecule has 0 saturated carbocycles. The van der Waals surface area contributed by atoms with Crippen LogP contribution in [0.1, 0.15) is 5.69 Å². The third-order valence-electron chi connectivity index (χ3n) is 4.60. The van der Waals surface area contributed by atoms with Crippen molar-refractivity contribution in [3.8, 4) is 5.75 Å². The maximum Gasteiger partial charge on any atom is 0.166 e. The third kappa shape index (κ3) is 4.67. The van der Waals surface area contributed by atoms with Crippen LogP contribution in [0.3, 0.4) is 0 Å². The second kappa shape index (κ2) is 9.27. The summed E-state index contributed by atoms with van der Waals surface area (Å²) in [6.45, 7) is 0. The number of benzene rings is 3. The summed E-state index contributed by atoms with van der Waals surface area (Å²) in [6, 6.07) is 17.8. The Balaban J connectivity index is 1.63. The molecular formula is C23H16F2IN5O. The number of anilines is 2. The number of pyridine rings is 1. The van der Waals surface area contributed by atoms with Crippen molar-refractivity contribution in [1.82, 2.24) is 4.98 Å². The number of nitrogens with two attached hydrogens (primary N) is 1. The summed E-state index contributed by atoms with van der Waals surface area (Å²) < 4.78 is 27.6. The number of phenolic OH excluding ortho intramolecular Hbond substituents is 1. The lowest BCUT2D eigenvalue weighted by molar-refractivity contribution is 0.432. The van der Waals surface area contributed by atoms with E-state index < -0.39 is 11.6 Å². The van der Waals surface area contributed by atoms with Crippen LogP contribution in [-0.2, 0) is 0 Å². The van der Waals surface area contributed by atoms with Crippen LogP contribution in [0, 0.1) is 15.2 Å². The maximum absolute atomic E-state index is 13.5. The van der Waals surface area contributed by atoms with Crippen molar-refractivity contribution in [2.45, 2.75) is 0 Å². The van der Waals surface area contributed by atoms with Crippen molar-refractivity contribution >= 4 is 62.5 Å². The lowest BCUT2D eigenvalue weighted by Crippen LogP contribution is -2.08. The molecule has 4 rings (SSSR count). The normalized spacial score (nSPS) is 11.9. The first kappa shape index (κ1) is 21.6. The molecule has 1 aromatic heterocycles. The first-order valence-corrected chi connectivity index (χ1v) is 10.4. The minimum atomic E-state index is -0.773. The highest BCUT2D eigenvalue weighted by molar-refractivity contribution is 14.1. The molecule has 6 nitrogen and oxygen atoms in total. The second-order valence-corrected chi connectivity index (χ2v) is 7.89. The summed E-state index contributed by atoms with van der Waals surface area (Å²) in [5, 5.41) is 17.2. The molecule has 3 aromatic carbocycles. The van der Waals surface area contributed by atoms with Crippen molar-refractivity contribution < 1.29 is 13.9 Å². The fourth-order valence-electron chi connectivity index (χ4n) is 3.01. The Bertz CT molecular complexity index is 1370. The second-order valence-electron chi connectivity index (χ2n) is 6.73. The molecule has 4 aromatic rings. The summed E-state index contributed by atoms with van der Waals surface area (Å²) in [5.41, 5.74) is 3.33. The van der Waals surface area contributed by atoms with E-state index in [1.165, 1.54) is 24.4 Å². The Kier molecular flexibility index (Phi) is 6.26. The average Bonchev–Trinajstić information content (AvgIpc) is 2.79. The lowest BCUT2D eigenvalue weighted by Gasteiger charge is -2.11. The first-order valence-electron chi connectivity index (χ1n) is 9.37. The molecule has 0 unspecified atom stereocenters. The fourth-order valence-corrected chi connectivity index (χ4v) is 3.53. The number of hydrazone groups is 1. The van der Waals surface area contributed by atoms with Gasteiger partial charge in [0.25, 0.3) is 0 Å². The van der Waals surface area contributed by atoms with E-state index in [9.17, 15) is 13.9 Å². The zero-order valence-electron chi connectivity index (χ0n) is 16.4. The van der Waals surface area contributed by atoms with E-state index in [2.05, 4.69) is 20.4 Å². The quantitative estimate of drug-likeness (QED) is 0.132. The minimum Gasteiger partial charge on any atom is -0.505 e. The molecule has 0 aliphatic rings. The van der Waals surface area contributed by atoms with Gasteiger partial charge in [0.2, 0.25) is 0 Å². The largest absolute Gasteiger partial charge is 0.505 e. The van der Waals surface area contributed by atoms with Crippen LogP contribution in [0.4, 0.5) is 25.8 Å². The highest BCUT2D eigenvalue weighted by Gasteiger charge is 2.09. The molecule has 9 heteroatoms. The van der Waals surface area contributed by atoms with Crippen LogP contribution in [0.25, 0.3) is 10.9 Å². The first-order chi connectivity index (χ1) is 15.4. The van der Waals surface area contributed by atoms with Gasteiger partial charge in [0.05, 0.1) is 26.7 Å². The van der Waals surface area contributed by atoms with E-state index in [1.54, 1.807) is 18.2 Å². The zero-order chi connectivity index (χ0) is 22.7. The van der Waals surface area contributed by atoms with Crippen LogP contribution in [0.5, 0.6) is 5.75 Å². The molecule has 0 saturated heterocycles. The smallest absolute Gasteiger partial charge is 0.166 e. The van der Waals surface area contributed by atoms with Crippen LogP contribution in [0.2, 0.25) is 0 Å². The number of fused-ring (bicyclic) bond motifs is 1. The van der Waals surface area contributed by atoms with Gasteiger partial charge in [0, 0.05) is 22.8 Å². The van der Waals surface area contributed by atoms with E-state index in [0.29, 0.717) is 26.2 Å². The molecule has 1 heterocycles. The Morgan fingerprint density at radius 2 is 1.88 bits per heavy atom. The summed E-state index contributed by atoms with van der Waals surface area (Å²) >= 11 is 1.94. The molecule has 0 aliphatic carbocycles. The minimum absolute atomic E-state index is 0.273. The predicted molar refractivity (Wildman–Crippen MR) is 131 cm³/mol. The number of nitrogens with one attached hydrogen (secondary N) is 1. The number of nitrogens with zero attached hydrogens (tertiary/aromatic N) is 3. The fraction of sp³-hybridized carbons (Fsp3) is 0. The summed E-state index contributed by atoms with van der Waals surface area (Å²) in [4.78, 5) is 8.76. The molecular weight excluding hydrogens is 527 g/mol. The van der Waals surface area contributed by atoms with Crippen LogP contribution in [-0.4, -0.2) is 22.0 Å². The van der Waals surface area contributed by atoms with E-state index >= 15 is 0 Å². The topological polar surface area (TPSA) is 95.9 Å². The number of halogens is 3. The number of aromatic hydroxyl groups is 1. The standard InChI is InChI=1S/C23H16F2IN5O/c24-16-7-4-14(11-18(16)26)29-19-2-1-3-20-15(19)6-8-21(30-20)22(31-27)12-28-13-5-9-23(32)17(25)10-13/h1-12,29,32H,27H2. The molecule has 160 valence electrons. The predicted octanol–water partition coefficient (Wildman–Crippen LogP) is 5.63. The van der Waals surface area contributed by atoms with Gasteiger partial charge in [-0.25, -0.2) is 13.8 Å². The molecule has 0 amide bonds. The molecule has 4 N–H and O–H groups in total. The molecule has 32 heavy (non-hydrogen) atoms. The number of aliphatic imine (C=N–C) groups is 1. The van der Waals surface area contributed by atoms with Gasteiger partial charge in [-0.15, -0.1) is 0 Å². The van der Waals surface area contributed by atoms with E-state index in [0.717, 1.165) is 22.8 Å². The Labute approximate surface area is 195 Å². The highest BCUT2D eigenvalue weighted by atomic mass is 127. The van der Waals surface area contributed by atoms with Gasteiger partial charge in [0.15, 0.2) is 11.6 Å². The lowest BCUT2D eigenvalue weighted by atomic mass is 10.1. The molecule has 0 atom stereocenters. The van der Waals surface area contributed by atoms with Gasteiger partial charge >= 0.3 is 0 Å². The van der Waals surface area contributed by atoms with E-state index in [1.807, 2.05) is 46.9 Å². The molecule has 0 radical (unpaired) electrons.